The maximum Gasteiger partial charge on any atom is 0.223 e. The quantitative estimate of drug-likeness (QED) is 0.724. The van der Waals surface area contributed by atoms with Crippen molar-refractivity contribution in [1.82, 2.24) is 4.90 Å². The van der Waals surface area contributed by atoms with Gasteiger partial charge in [0.15, 0.2) is 0 Å². The number of carbonyl (C=O) groups is 1. The van der Waals surface area contributed by atoms with Gasteiger partial charge in [-0.1, -0.05) is 45.0 Å². The van der Waals surface area contributed by atoms with Crippen LogP contribution in [-0.4, -0.2) is 25.0 Å². The molecule has 0 saturated carbocycles. The summed E-state index contributed by atoms with van der Waals surface area (Å²) in [6, 6.07) is 15.7. The minimum Gasteiger partial charge on any atom is -0.497 e. The number of ether oxygens (including phenoxy) is 2. The number of methoxy groups -OCH3 is 2. The smallest absolute Gasteiger partial charge is 0.223 e. The second-order valence-corrected chi connectivity index (χ2v) is 7.68. The predicted octanol–water partition coefficient (Wildman–Crippen LogP) is 4.67. The summed E-state index contributed by atoms with van der Waals surface area (Å²) in [7, 11) is 3.30. The normalized spacial score (nSPS) is 11.1. The van der Waals surface area contributed by atoms with Crippen molar-refractivity contribution in [1.29, 1.82) is 0 Å². The van der Waals surface area contributed by atoms with E-state index in [4.69, 9.17) is 9.47 Å². The Morgan fingerprint density at radius 2 is 1.19 bits per heavy atom. The van der Waals surface area contributed by atoms with Crippen LogP contribution in [0.5, 0.6) is 11.5 Å². The molecule has 0 bridgehead atoms. The summed E-state index contributed by atoms with van der Waals surface area (Å²) in [5, 5.41) is 0. The molecule has 0 atom stereocenters. The number of amides is 1. The first-order valence-corrected chi connectivity index (χ1v) is 8.84. The molecule has 140 valence electrons. The predicted molar refractivity (Wildman–Crippen MR) is 104 cm³/mol. The summed E-state index contributed by atoms with van der Waals surface area (Å²) in [4.78, 5) is 14.8. The molecule has 2 rings (SSSR count). The molecule has 0 spiro atoms. The number of hydrogen-bond donors (Lipinski definition) is 0. The molecular formula is C22H29NO3. The molecule has 2 aromatic rings. The molecule has 4 nitrogen and oxygen atoms in total. The first-order chi connectivity index (χ1) is 12.3. The zero-order valence-electron chi connectivity index (χ0n) is 16.4. The molecule has 0 aliphatic heterocycles. The summed E-state index contributed by atoms with van der Waals surface area (Å²) in [5.41, 5.74) is 2.12. The Balaban J connectivity index is 2.17. The molecule has 0 radical (unpaired) electrons. The van der Waals surface area contributed by atoms with Crippen LogP contribution in [0, 0.1) is 5.41 Å². The Hall–Kier alpha value is -2.49. The standard InChI is InChI=1S/C22H29NO3/c1-22(2,3)14-21(24)23(15-17-6-10-19(25-4)11-7-17)16-18-8-12-20(26-5)13-9-18/h6-13H,14-16H2,1-5H3. The fraction of sp³-hybridized carbons (Fsp3) is 0.409. The van der Waals surface area contributed by atoms with Crippen molar-refractivity contribution in [3.8, 4) is 11.5 Å². The maximum atomic E-state index is 12.9. The van der Waals surface area contributed by atoms with Gasteiger partial charge in [0.25, 0.3) is 0 Å². The Bertz CT molecular complexity index is 650. The molecule has 0 aliphatic rings. The summed E-state index contributed by atoms with van der Waals surface area (Å²) >= 11 is 0. The van der Waals surface area contributed by atoms with Crippen LogP contribution in [0.2, 0.25) is 0 Å². The lowest BCUT2D eigenvalue weighted by Gasteiger charge is -2.27. The van der Waals surface area contributed by atoms with Crippen molar-refractivity contribution in [2.45, 2.75) is 40.3 Å². The number of nitrogens with zero attached hydrogens (tertiary/aromatic N) is 1. The van der Waals surface area contributed by atoms with Crippen molar-refractivity contribution >= 4 is 5.91 Å². The van der Waals surface area contributed by atoms with Crippen LogP contribution in [0.25, 0.3) is 0 Å². The van der Waals surface area contributed by atoms with Gasteiger partial charge in [0.2, 0.25) is 5.91 Å². The van der Waals surface area contributed by atoms with Gasteiger partial charge < -0.3 is 14.4 Å². The fourth-order valence-electron chi connectivity index (χ4n) is 2.70. The van der Waals surface area contributed by atoms with Gasteiger partial charge in [0, 0.05) is 19.5 Å². The third-order valence-corrected chi connectivity index (χ3v) is 4.10. The van der Waals surface area contributed by atoms with Gasteiger partial charge in [-0.15, -0.1) is 0 Å². The number of rotatable bonds is 7. The number of hydrogen-bond acceptors (Lipinski definition) is 3. The zero-order chi connectivity index (χ0) is 19.2. The van der Waals surface area contributed by atoms with Crippen LogP contribution in [-0.2, 0) is 17.9 Å². The highest BCUT2D eigenvalue weighted by Gasteiger charge is 2.21. The molecule has 0 aliphatic carbocycles. The van der Waals surface area contributed by atoms with E-state index in [0.29, 0.717) is 19.5 Å². The molecule has 26 heavy (non-hydrogen) atoms. The minimum absolute atomic E-state index is 0.0465. The molecule has 0 unspecified atom stereocenters. The molecule has 1 amide bonds. The molecule has 0 saturated heterocycles. The van der Waals surface area contributed by atoms with Crippen molar-refractivity contribution in [3.05, 3.63) is 59.7 Å². The van der Waals surface area contributed by atoms with Gasteiger partial charge in [0.05, 0.1) is 14.2 Å². The van der Waals surface area contributed by atoms with E-state index < -0.39 is 0 Å². The molecule has 0 aromatic heterocycles. The Kier molecular flexibility index (Phi) is 6.67. The van der Waals surface area contributed by atoms with Crippen LogP contribution in [0.15, 0.2) is 48.5 Å². The van der Waals surface area contributed by atoms with Crippen LogP contribution < -0.4 is 9.47 Å². The first-order valence-electron chi connectivity index (χ1n) is 8.84. The van der Waals surface area contributed by atoms with Gasteiger partial charge in [0.1, 0.15) is 11.5 Å². The first kappa shape index (κ1) is 19.8. The maximum absolute atomic E-state index is 12.9. The summed E-state index contributed by atoms with van der Waals surface area (Å²) in [5.74, 6) is 1.79. The van der Waals surface area contributed by atoms with E-state index in [1.807, 2.05) is 53.4 Å². The van der Waals surface area contributed by atoms with Crippen LogP contribution in [0.1, 0.15) is 38.3 Å². The highest BCUT2D eigenvalue weighted by molar-refractivity contribution is 5.76. The van der Waals surface area contributed by atoms with Crippen molar-refractivity contribution < 1.29 is 14.3 Å². The monoisotopic (exact) mass is 355 g/mol. The summed E-state index contributed by atoms with van der Waals surface area (Å²) in [6.45, 7) is 7.41. The Morgan fingerprint density at radius 1 is 0.808 bits per heavy atom. The Labute approximate surface area is 156 Å². The largest absolute Gasteiger partial charge is 0.497 e. The highest BCUT2D eigenvalue weighted by Crippen LogP contribution is 2.23. The topological polar surface area (TPSA) is 38.8 Å². The molecular weight excluding hydrogens is 326 g/mol. The number of carbonyl (C=O) groups excluding carboxylic acids is 1. The lowest BCUT2D eigenvalue weighted by atomic mass is 9.91. The van der Waals surface area contributed by atoms with Crippen LogP contribution >= 0.6 is 0 Å². The van der Waals surface area contributed by atoms with Crippen molar-refractivity contribution in [3.63, 3.8) is 0 Å². The van der Waals surface area contributed by atoms with E-state index in [0.717, 1.165) is 22.6 Å². The Morgan fingerprint density at radius 3 is 1.50 bits per heavy atom. The van der Waals surface area contributed by atoms with Gasteiger partial charge >= 0.3 is 0 Å². The minimum atomic E-state index is -0.0465. The SMILES string of the molecule is COc1ccc(CN(Cc2ccc(OC)cc2)C(=O)CC(C)(C)C)cc1. The van der Waals surface area contributed by atoms with E-state index in [2.05, 4.69) is 20.8 Å². The van der Waals surface area contributed by atoms with E-state index in [-0.39, 0.29) is 11.3 Å². The molecule has 0 heterocycles. The lowest BCUT2D eigenvalue weighted by Crippen LogP contribution is -2.32. The van der Waals surface area contributed by atoms with E-state index in [9.17, 15) is 4.79 Å². The van der Waals surface area contributed by atoms with E-state index in [1.165, 1.54) is 0 Å². The summed E-state index contributed by atoms with van der Waals surface area (Å²) < 4.78 is 10.4. The average molecular weight is 355 g/mol. The second kappa shape index (κ2) is 8.75. The molecule has 0 fully saturated rings. The van der Waals surface area contributed by atoms with Crippen LogP contribution in [0.4, 0.5) is 0 Å². The van der Waals surface area contributed by atoms with Crippen molar-refractivity contribution in [2.75, 3.05) is 14.2 Å². The summed E-state index contributed by atoms with van der Waals surface area (Å²) in [6.07, 6.45) is 0.513. The third-order valence-electron chi connectivity index (χ3n) is 4.10. The van der Waals surface area contributed by atoms with Gasteiger partial charge in [-0.25, -0.2) is 0 Å². The molecule has 4 heteroatoms. The van der Waals surface area contributed by atoms with E-state index in [1.54, 1.807) is 14.2 Å². The third kappa shape index (κ3) is 6.10. The lowest BCUT2D eigenvalue weighted by molar-refractivity contribution is -0.134. The van der Waals surface area contributed by atoms with Gasteiger partial charge in [-0.3, -0.25) is 4.79 Å². The van der Waals surface area contributed by atoms with Crippen LogP contribution in [0.3, 0.4) is 0 Å². The number of benzene rings is 2. The van der Waals surface area contributed by atoms with Gasteiger partial charge in [-0.05, 0) is 40.8 Å². The fourth-order valence-corrected chi connectivity index (χ4v) is 2.70. The molecule has 2 aromatic carbocycles. The van der Waals surface area contributed by atoms with Gasteiger partial charge in [-0.2, -0.15) is 0 Å². The molecule has 0 N–H and O–H groups in total. The zero-order valence-corrected chi connectivity index (χ0v) is 16.4. The highest BCUT2D eigenvalue weighted by atomic mass is 16.5. The second-order valence-electron chi connectivity index (χ2n) is 7.68. The average Bonchev–Trinajstić information content (AvgIpc) is 2.61. The van der Waals surface area contributed by atoms with Crippen molar-refractivity contribution in [2.24, 2.45) is 5.41 Å². The van der Waals surface area contributed by atoms with E-state index >= 15 is 0 Å².